The molecule has 0 amide bonds. The second kappa shape index (κ2) is 5.33. The molecule has 1 aromatic heterocycles. The molecule has 0 bridgehead atoms. The molecule has 1 N–H and O–H groups in total. The first-order chi connectivity index (χ1) is 9.29. The Morgan fingerprint density at radius 2 is 2.16 bits per heavy atom. The molecule has 1 fully saturated rings. The summed E-state index contributed by atoms with van der Waals surface area (Å²) in [7, 11) is 2.01. The Bertz CT molecular complexity index is 567. The number of nitrogens with zero attached hydrogens (tertiary/aromatic N) is 2. The zero-order valence-electron chi connectivity index (χ0n) is 11.9. The first kappa shape index (κ1) is 12.7. The maximum atomic E-state index is 4.73. The predicted octanol–water partition coefficient (Wildman–Crippen LogP) is 3.22. The van der Waals surface area contributed by atoms with Crippen LogP contribution in [0.5, 0.6) is 0 Å². The lowest BCUT2D eigenvalue weighted by molar-refractivity contribution is 0.677. The monoisotopic (exact) mass is 257 g/mol. The van der Waals surface area contributed by atoms with E-state index in [1.807, 2.05) is 7.05 Å². The van der Waals surface area contributed by atoms with Crippen molar-refractivity contribution in [3.63, 3.8) is 0 Å². The lowest BCUT2D eigenvalue weighted by Crippen LogP contribution is -2.07. The van der Waals surface area contributed by atoms with E-state index in [1.165, 1.54) is 48.1 Å². The van der Waals surface area contributed by atoms with Crippen molar-refractivity contribution in [2.75, 3.05) is 13.6 Å². The van der Waals surface area contributed by atoms with Crippen LogP contribution in [0.1, 0.15) is 43.1 Å². The van der Waals surface area contributed by atoms with Gasteiger partial charge in [0.25, 0.3) is 0 Å². The Morgan fingerprint density at radius 1 is 1.32 bits per heavy atom. The SMILES string of the molecule is CNCCCCc1ccc2c(c1)nc(C)n2C1CC1. The van der Waals surface area contributed by atoms with Crippen LogP contribution in [0.3, 0.4) is 0 Å². The first-order valence-corrected chi connectivity index (χ1v) is 7.41. The second-order valence-corrected chi connectivity index (χ2v) is 5.64. The summed E-state index contributed by atoms with van der Waals surface area (Å²) in [4.78, 5) is 4.73. The van der Waals surface area contributed by atoms with Crippen LogP contribution in [0.25, 0.3) is 11.0 Å². The molecule has 0 spiro atoms. The number of aromatic nitrogens is 2. The number of unbranched alkanes of at least 4 members (excludes halogenated alkanes) is 1. The highest BCUT2D eigenvalue weighted by Gasteiger charge is 2.26. The number of hydrogen-bond donors (Lipinski definition) is 1. The van der Waals surface area contributed by atoms with Gasteiger partial charge in [-0.25, -0.2) is 4.98 Å². The van der Waals surface area contributed by atoms with Gasteiger partial charge in [-0.2, -0.15) is 0 Å². The van der Waals surface area contributed by atoms with Crippen molar-refractivity contribution in [2.24, 2.45) is 0 Å². The summed E-state index contributed by atoms with van der Waals surface area (Å²) in [6.45, 7) is 3.24. The quantitative estimate of drug-likeness (QED) is 0.805. The normalized spacial score (nSPS) is 15.3. The molecule has 0 saturated heterocycles. The van der Waals surface area contributed by atoms with Gasteiger partial charge in [0.15, 0.2) is 0 Å². The maximum Gasteiger partial charge on any atom is 0.106 e. The van der Waals surface area contributed by atoms with Crippen LogP contribution in [-0.4, -0.2) is 23.1 Å². The fourth-order valence-electron chi connectivity index (χ4n) is 2.84. The van der Waals surface area contributed by atoms with Gasteiger partial charge >= 0.3 is 0 Å². The van der Waals surface area contributed by atoms with Crippen LogP contribution in [0.2, 0.25) is 0 Å². The Morgan fingerprint density at radius 3 is 2.89 bits per heavy atom. The number of rotatable bonds is 6. The summed E-state index contributed by atoms with van der Waals surface area (Å²) in [5.41, 5.74) is 3.92. The van der Waals surface area contributed by atoms with Gasteiger partial charge in [-0.15, -0.1) is 0 Å². The molecule has 0 unspecified atom stereocenters. The smallest absolute Gasteiger partial charge is 0.106 e. The molecule has 0 radical (unpaired) electrons. The largest absolute Gasteiger partial charge is 0.325 e. The Kier molecular flexibility index (Phi) is 3.56. The van der Waals surface area contributed by atoms with Crippen molar-refractivity contribution >= 4 is 11.0 Å². The minimum Gasteiger partial charge on any atom is -0.325 e. The van der Waals surface area contributed by atoms with Crippen molar-refractivity contribution < 1.29 is 0 Å². The highest BCUT2D eigenvalue weighted by molar-refractivity contribution is 5.77. The highest BCUT2D eigenvalue weighted by Crippen LogP contribution is 2.38. The summed E-state index contributed by atoms with van der Waals surface area (Å²) in [5.74, 6) is 1.17. The minimum absolute atomic E-state index is 0.714. The molecule has 102 valence electrons. The molecule has 1 aliphatic carbocycles. The zero-order valence-corrected chi connectivity index (χ0v) is 11.9. The van der Waals surface area contributed by atoms with Gasteiger partial charge in [0, 0.05) is 6.04 Å². The predicted molar refractivity (Wildman–Crippen MR) is 79.6 cm³/mol. The number of hydrogen-bond acceptors (Lipinski definition) is 2. The van der Waals surface area contributed by atoms with E-state index in [0.29, 0.717) is 6.04 Å². The van der Waals surface area contributed by atoms with Gasteiger partial charge in [0.05, 0.1) is 11.0 Å². The first-order valence-electron chi connectivity index (χ1n) is 7.41. The lowest BCUT2D eigenvalue weighted by atomic mass is 10.1. The van der Waals surface area contributed by atoms with Gasteiger partial charge in [-0.1, -0.05) is 6.07 Å². The summed E-state index contributed by atoms with van der Waals surface area (Å²) in [5, 5.41) is 3.20. The van der Waals surface area contributed by atoms with E-state index >= 15 is 0 Å². The fraction of sp³-hybridized carbons (Fsp3) is 0.562. The van der Waals surface area contributed by atoms with Crippen LogP contribution in [-0.2, 0) is 6.42 Å². The molecular formula is C16H23N3. The molecule has 3 heteroatoms. The zero-order chi connectivity index (χ0) is 13.2. The molecule has 2 aromatic rings. The summed E-state index contributed by atoms with van der Waals surface area (Å²) < 4.78 is 2.42. The van der Waals surface area contributed by atoms with E-state index in [9.17, 15) is 0 Å². The molecule has 1 heterocycles. The van der Waals surface area contributed by atoms with E-state index in [1.54, 1.807) is 0 Å². The second-order valence-electron chi connectivity index (χ2n) is 5.64. The molecule has 1 aliphatic rings. The summed E-state index contributed by atoms with van der Waals surface area (Å²) >= 11 is 0. The van der Waals surface area contributed by atoms with Crippen LogP contribution in [0.15, 0.2) is 18.2 Å². The van der Waals surface area contributed by atoms with Crippen molar-refractivity contribution in [3.05, 3.63) is 29.6 Å². The molecule has 3 rings (SSSR count). The third-order valence-electron chi connectivity index (χ3n) is 3.98. The number of imidazole rings is 1. The Balaban J connectivity index is 1.77. The average molecular weight is 257 g/mol. The van der Waals surface area contributed by atoms with Crippen molar-refractivity contribution in [1.82, 2.24) is 14.9 Å². The standard InChI is InChI=1S/C16H23N3/c1-12-18-15-11-13(5-3-4-10-17-2)6-9-16(15)19(12)14-7-8-14/h6,9,11,14,17H,3-5,7-8,10H2,1-2H3. The Hall–Kier alpha value is -1.35. The molecule has 19 heavy (non-hydrogen) atoms. The molecular weight excluding hydrogens is 234 g/mol. The topological polar surface area (TPSA) is 29.9 Å². The number of nitrogens with one attached hydrogen (secondary N) is 1. The van der Waals surface area contributed by atoms with E-state index in [-0.39, 0.29) is 0 Å². The van der Waals surface area contributed by atoms with Crippen LogP contribution < -0.4 is 5.32 Å². The van der Waals surface area contributed by atoms with E-state index in [0.717, 1.165) is 13.0 Å². The minimum atomic E-state index is 0.714. The van der Waals surface area contributed by atoms with Gasteiger partial charge in [0.2, 0.25) is 0 Å². The van der Waals surface area contributed by atoms with Crippen molar-refractivity contribution in [3.8, 4) is 0 Å². The van der Waals surface area contributed by atoms with Gasteiger partial charge in [-0.05, 0) is 70.3 Å². The average Bonchev–Trinajstić information content (AvgIpc) is 3.17. The van der Waals surface area contributed by atoms with E-state index < -0.39 is 0 Å². The Labute approximate surface area is 115 Å². The summed E-state index contributed by atoms with van der Waals surface area (Å²) in [6, 6.07) is 7.54. The molecule has 0 atom stereocenters. The number of benzene rings is 1. The molecule has 1 saturated carbocycles. The van der Waals surface area contributed by atoms with Gasteiger partial charge in [-0.3, -0.25) is 0 Å². The van der Waals surface area contributed by atoms with Crippen LogP contribution >= 0.6 is 0 Å². The van der Waals surface area contributed by atoms with E-state index in [2.05, 4.69) is 35.0 Å². The van der Waals surface area contributed by atoms with Gasteiger partial charge in [0.1, 0.15) is 5.82 Å². The van der Waals surface area contributed by atoms with Crippen LogP contribution in [0, 0.1) is 6.92 Å². The van der Waals surface area contributed by atoms with E-state index in [4.69, 9.17) is 4.98 Å². The molecule has 3 nitrogen and oxygen atoms in total. The third kappa shape index (κ3) is 2.66. The molecule has 1 aromatic carbocycles. The summed E-state index contributed by atoms with van der Waals surface area (Å²) in [6.07, 6.45) is 6.28. The van der Waals surface area contributed by atoms with Crippen LogP contribution in [0.4, 0.5) is 0 Å². The molecule has 0 aliphatic heterocycles. The maximum absolute atomic E-state index is 4.73. The lowest BCUT2D eigenvalue weighted by Gasteiger charge is -2.05. The highest BCUT2D eigenvalue weighted by atomic mass is 15.1. The third-order valence-corrected chi connectivity index (χ3v) is 3.98. The number of aryl methyl sites for hydroxylation is 2. The van der Waals surface area contributed by atoms with Crippen molar-refractivity contribution in [1.29, 1.82) is 0 Å². The van der Waals surface area contributed by atoms with Gasteiger partial charge < -0.3 is 9.88 Å². The number of fused-ring (bicyclic) bond motifs is 1. The van der Waals surface area contributed by atoms with Crippen molar-refractivity contribution in [2.45, 2.75) is 45.1 Å². The fourth-order valence-corrected chi connectivity index (χ4v) is 2.84.